The van der Waals surface area contributed by atoms with Crippen molar-refractivity contribution in [3.8, 4) is 5.75 Å². The van der Waals surface area contributed by atoms with Gasteiger partial charge in [0.05, 0.1) is 7.11 Å². The van der Waals surface area contributed by atoms with Crippen LogP contribution in [0.5, 0.6) is 5.75 Å². The molecule has 2 rings (SSSR count). The molecule has 0 bridgehead atoms. The first-order valence-electron chi connectivity index (χ1n) is 6.19. The van der Waals surface area contributed by atoms with Gasteiger partial charge in [-0.05, 0) is 36.0 Å². The summed E-state index contributed by atoms with van der Waals surface area (Å²) in [5.41, 5.74) is 7.53. The van der Waals surface area contributed by atoms with Crippen LogP contribution in [0, 0.1) is 11.8 Å². The molecule has 0 radical (unpaired) electrons. The largest absolute Gasteiger partial charge is 0.497 e. The molecule has 1 aliphatic heterocycles. The van der Waals surface area contributed by atoms with Gasteiger partial charge in [-0.3, -0.25) is 0 Å². The van der Waals surface area contributed by atoms with E-state index in [2.05, 4.69) is 13.0 Å². The predicted octanol–water partition coefficient (Wildman–Crippen LogP) is 2.37. The molecule has 3 nitrogen and oxygen atoms in total. The Morgan fingerprint density at radius 3 is 3.00 bits per heavy atom. The minimum absolute atomic E-state index is 0.0731. The minimum atomic E-state index is 0.0731. The maximum absolute atomic E-state index is 6.37. The van der Waals surface area contributed by atoms with Crippen molar-refractivity contribution in [1.82, 2.24) is 0 Å². The Balaban J connectivity index is 2.14. The van der Waals surface area contributed by atoms with Gasteiger partial charge in [-0.2, -0.15) is 0 Å². The van der Waals surface area contributed by atoms with E-state index in [1.165, 1.54) is 0 Å². The third-order valence-electron chi connectivity index (χ3n) is 3.65. The third-order valence-corrected chi connectivity index (χ3v) is 3.65. The second-order valence-corrected chi connectivity index (χ2v) is 4.81. The molecule has 0 aliphatic carbocycles. The van der Waals surface area contributed by atoms with Crippen LogP contribution in [0.25, 0.3) is 0 Å². The van der Waals surface area contributed by atoms with Gasteiger partial charge in [-0.15, -0.1) is 0 Å². The molecule has 1 aliphatic rings. The molecule has 1 aromatic carbocycles. The average Bonchev–Trinajstić information content (AvgIpc) is 2.38. The lowest BCUT2D eigenvalue weighted by Gasteiger charge is -2.33. The van der Waals surface area contributed by atoms with Crippen molar-refractivity contribution in [3.63, 3.8) is 0 Å². The van der Waals surface area contributed by atoms with E-state index in [0.29, 0.717) is 11.8 Å². The fraction of sp³-hybridized carbons (Fsp3) is 0.571. The summed E-state index contributed by atoms with van der Waals surface area (Å²) in [6.07, 6.45) is 1.04. The fourth-order valence-corrected chi connectivity index (χ4v) is 2.53. The molecule has 0 amide bonds. The van der Waals surface area contributed by atoms with E-state index in [1.807, 2.05) is 18.2 Å². The van der Waals surface area contributed by atoms with Gasteiger partial charge < -0.3 is 15.2 Å². The highest BCUT2D eigenvalue weighted by Gasteiger charge is 2.28. The second kappa shape index (κ2) is 5.52. The molecule has 1 saturated heterocycles. The van der Waals surface area contributed by atoms with Crippen molar-refractivity contribution in [2.24, 2.45) is 17.6 Å². The van der Waals surface area contributed by atoms with Gasteiger partial charge in [0.15, 0.2) is 0 Å². The van der Waals surface area contributed by atoms with Gasteiger partial charge in [0.25, 0.3) is 0 Å². The number of nitrogens with two attached hydrogens (primary N) is 1. The number of rotatable bonds is 3. The van der Waals surface area contributed by atoms with E-state index in [-0.39, 0.29) is 6.04 Å². The molecule has 94 valence electrons. The van der Waals surface area contributed by atoms with Crippen LogP contribution >= 0.6 is 0 Å². The van der Waals surface area contributed by atoms with E-state index in [4.69, 9.17) is 15.2 Å². The Kier molecular flexibility index (Phi) is 4.02. The lowest BCUT2D eigenvalue weighted by atomic mass is 9.81. The summed E-state index contributed by atoms with van der Waals surface area (Å²) in [5, 5.41) is 0. The van der Waals surface area contributed by atoms with Crippen molar-refractivity contribution >= 4 is 0 Å². The lowest BCUT2D eigenvalue weighted by Crippen LogP contribution is -2.33. The highest BCUT2D eigenvalue weighted by Crippen LogP contribution is 2.33. The predicted molar refractivity (Wildman–Crippen MR) is 68.0 cm³/mol. The highest BCUT2D eigenvalue weighted by molar-refractivity contribution is 5.30. The van der Waals surface area contributed by atoms with Gasteiger partial charge in [0.1, 0.15) is 5.75 Å². The van der Waals surface area contributed by atoms with Crippen LogP contribution in [0.2, 0.25) is 0 Å². The van der Waals surface area contributed by atoms with E-state index in [0.717, 1.165) is 30.9 Å². The Morgan fingerprint density at radius 2 is 2.29 bits per heavy atom. The van der Waals surface area contributed by atoms with Gasteiger partial charge in [-0.25, -0.2) is 0 Å². The van der Waals surface area contributed by atoms with Gasteiger partial charge >= 0.3 is 0 Å². The van der Waals surface area contributed by atoms with Crippen molar-refractivity contribution in [3.05, 3.63) is 29.8 Å². The van der Waals surface area contributed by atoms with Crippen LogP contribution in [0.4, 0.5) is 0 Å². The first-order chi connectivity index (χ1) is 8.22. The van der Waals surface area contributed by atoms with Crippen LogP contribution in [0.1, 0.15) is 24.9 Å². The summed E-state index contributed by atoms with van der Waals surface area (Å²) in [6.45, 7) is 3.86. The topological polar surface area (TPSA) is 44.5 Å². The summed E-state index contributed by atoms with van der Waals surface area (Å²) in [4.78, 5) is 0. The molecule has 0 aromatic heterocycles. The standard InChI is InChI=1S/C14H21NO2/c1-10-9-17-7-6-13(10)14(15)11-4-3-5-12(8-11)16-2/h3-5,8,10,13-14H,6-7,9,15H2,1-2H3. The Hall–Kier alpha value is -1.06. The molecule has 0 saturated carbocycles. The van der Waals surface area contributed by atoms with Crippen molar-refractivity contribution in [1.29, 1.82) is 0 Å². The first-order valence-corrected chi connectivity index (χ1v) is 6.19. The summed E-state index contributed by atoms with van der Waals surface area (Å²) in [5.74, 6) is 1.89. The molecule has 1 fully saturated rings. The molecule has 3 heteroatoms. The van der Waals surface area contributed by atoms with E-state index >= 15 is 0 Å². The monoisotopic (exact) mass is 235 g/mol. The zero-order valence-electron chi connectivity index (χ0n) is 10.6. The summed E-state index contributed by atoms with van der Waals surface area (Å²) < 4.78 is 10.7. The molecular weight excluding hydrogens is 214 g/mol. The number of methoxy groups -OCH3 is 1. The maximum Gasteiger partial charge on any atom is 0.119 e. The van der Waals surface area contributed by atoms with E-state index < -0.39 is 0 Å². The third kappa shape index (κ3) is 2.79. The average molecular weight is 235 g/mol. The Bertz CT molecular complexity index is 367. The SMILES string of the molecule is COc1cccc(C(N)C2CCOCC2C)c1. The zero-order chi connectivity index (χ0) is 12.3. The quantitative estimate of drug-likeness (QED) is 0.874. The molecule has 2 N–H and O–H groups in total. The number of hydrogen-bond acceptors (Lipinski definition) is 3. The van der Waals surface area contributed by atoms with Crippen molar-refractivity contribution in [2.75, 3.05) is 20.3 Å². The van der Waals surface area contributed by atoms with Crippen LogP contribution in [-0.4, -0.2) is 20.3 Å². The molecule has 1 aromatic rings. The summed E-state index contributed by atoms with van der Waals surface area (Å²) in [7, 11) is 1.68. The van der Waals surface area contributed by atoms with E-state index in [1.54, 1.807) is 7.11 Å². The van der Waals surface area contributed by atoms with Crippen LogP contribution in [0.3, 0.4) is 0 Å². The molecule has 3 unspecified atom stereocenters. The van der Waals surface area contributed by atoms with Crippen molar-refractivity contribution < 1.29 is 9.47 Å². The number of hydrogen-bond donors (Lipinski definition) is 1. The van der Waals surface area contributed by atoms with Crippen LogP contribution in [0.15, 0.2) is 24.3 Å². The lowest BCUT2D eigenvalue weighted by molar-refractivity contribution is 0.0154. The van der Waals surface area contributed by atoms with Crippen LogP contribution in [-0.2, 0) is 4.74 Å². The van der Waals surface area contributed by atoms with Crippen LogP contribution < -0.4 is 10.5 Å². The normalized spacial score (nSPS) is 26.5. The first kappa shape index (κ1) is 12.4. The zero-order valence-corrected chi connectivity index (χ0v) is 10.6. The van der Waals surface area contributed by atoms with Gasteiger partial charge in [0.2, 0.25) is 0 Å². The molecule has 0 spiro atoms. The molecule has 3 atom stereocenters. The summed E-state index contributed by atoms with van der Waals surface area (Å²) in [6, 6.07) is 8.13. The summed E-state index contributed by atoms with van der Waals surface area (Å²) >= 11 is 0. The Labute approximate surface area is 103 Å². The Morgan fingerprint density at radius 1 is 1.47 bits per heavy atom. The number of benzene rings is 1. The maximum atomic E-state index is 6.37. The van der Waals surface area contributed by atoms with Crippen molar-refractivity contribution in [2.45, 2.75) is 19.4 Å². The molecule has 1 heterocycles. The second-order valence-electron chi connectivity index (χ2n) is 4.81. The molecule has 17 heavy (non-hydrogen) atoms. The molecular formula is C14H21NO2. The smallest absolute Gasteiger partial charge is 0.119 e. The van der Waals surface area contributed by atoms with Gasteiger partial charge in [0, 0.05) is 19.3 Å². The van der Waals surface area contributed by atoms with E-state index in [9.17, 15) is 0 Å². The van der Waals surface area contributed by atoms with Gasteiger partial charge in [-0.1, -0.05) is 19.1 Å². The number of ether oxygens (including phenoxy) is 2. The highest BCUT2D eigenvalue weighted by atomic mass is 16.5. The minimum Gasteiger partial charge on any atom is -0.497 e. The fourth-order valence-electron chi connectivity index (χ4n) is 2.53.